The maximum atomic E-state index is 13.0. The van der Waals surface area contributed by atoms with E-state index in [0.717, 1.165) is 16.9 Å². The second-order valence-corrected chi connectivity index (χ2v) is 7.54. The molecule has 0 aliphatic rings. The van der Waals surface area contributed by atoms with Crippen molar-refractivity contribution in [3.63, 3.8) is 0 Å². The second-order valence-electron chi connectivity index (χ2n) is 6.24. The van der Waals surface area contributed by atoms with Crippen LogP contribution < -0.4 is 10.1 Å². The van der Waals surface area contributed by atoms with Crippen molar-refractivity contribution < 1.29 is 13.9 Å². The van der Waals surface area contributed by atoms with Crippen molar-refractivity contribution in [3.05, 3.63) is 59.9 Å². The van der Waals surface area contributed by atoms with E-state index < -0.39 is 0 Å². The van der Waals surface area contributed by atoms with E-state index in [-0.39, 0.29) is 23.0 Å². The van der Waals surface area contributed by atoms with Crippen LogP contribution in [-0.2, 0) is 4.79 Å². The quantitative estimate of drug-likeness (QED) is 0.587. The number of nitrogens with one attached hydrogen (secondary N) is 2. The number of halogens is 1. The number of amides is 1. The molecule has 0 saturated carbocycles. The third-order valence-electron chi connectivity index (χ3n) is 4.21. The van der Waals surface area contributed by atoms with Gasteiger partial charge >= 0.3 is 0 Å². The summed E-state index contributed by atoms with van der Waals surface area (Å²) in [4.78, 5) is 16.9. The lowest BCUT2D eigenvalue weighted by Gasteiger charge is -2.17. The van der Waals surface area contributed by atoms with Gasteiger partial charge in [-0.05, 0) is 55.8 Å². The largest absolute Gasteiger partial charge is 0.497 e. The number of hydrogen-bond donors (Lipinski definition) is 2. The summed E-state index contributed by atoms with van der Waals surface area (Å²) in [6, 6.07) is 13.3. The molecule has 0 radical (unpaired) electrons. The summed E-state index contributed by atoms with van der Waals surface area (Å²) in [7, 11) is 1.61. The van der Waals surface area contributed by atoms with Crippen molar-refractivity contribution in [1.29, 1.82) is 0 Å². The van der Waals surface area contributed by atoms with E-state index in [2.05, 4.69) is 20.5 Å². The molecule has 1 aromatic heterocycles. The molecule has 1 amide bonds. The summed E-state index contributed by atoms with van der Waals surface area (Å²) in [5, 5.41) is 10.1. The van der Waals surface area contributed by atoms with Crippen molar-refractivity contribution >= 4 is 17.7 Å². The summed E-state index contributed by atoms with van der Waals surface area (Å²) < 4.78 is 18.2. The van der Waals surface area contributed by atoms with E-state index in [1.807, 2.05) is 31.2 Å². The van der Waals surface area contributed by atoms with Gasteiger partial charge in [0.25, 0.3) is 0 Å². The number of hydrogen-bond acceptors (Lipinski definition) is 5. The average Bonchev–Trinajstić information content (AvgIpc) is 3.17. The molecular formula is C20H21FN4O2S. The molecular weight excluding hydrogens is 379 g/mol. The third kappa shape index (κ3) is 4.89. The van der Waals surface area contributed by atoms with Gasteiger partial charge in [0, 0.05) is 5.56 Å². The molecule has 6 nitrogen and oxygen atoms in total. The van der Waals surface area contributed by atoms with Gasteiger partial charge in [-0.15, -0.1) is 5.10 Å². The molecule has 3 rings (SSSR count). The fraction of sp³-hybridized carbons (Fsp3) is 0.250. The molecule has 0 saturated heterocycles. The van der Waals surface area contributed by atoms with Crippen molar-refractivity contribution in [3.8, 4) is 17.1 Å². The Hall–Kier alpha value is -2.87. The molecule has 1 heterocycles. The Balaban J connectivity index is 1.59. The minimum atomic E-state index is -0.387. The molecule has 8 heteroatoms. The first kappa shape index (κ1) is 19.9. The highest BCUT2D eigenvalue weighted by molar-refractivity contribution is 8.00. The van der Waals surface area contributed by atoms with E-state index >= 15 is 0 Å². The van der Waals surface area contributed by atoms with Gasteiger partial charge in [0.2, 0.25) is 11.1 Å². The summed E-state index contributed by atoms with van der Waals surface area (Å²) in [6.45, 7) is 3.65. The maximum absolute atomic E-state index is 13.0. The van der Waals surface area contributed by atoms with Crippen LogP contribution in [0.25, 0.3) is 11.4 Å². The number of ether oxygens (including phenoxy) is 1. The highest BCUT2D eigenvalue weighted by atomic mass is 32.2. The van der Waals surface area contributed by atoms with Gasteiger partial charge in [-0.25, -0.2) is 9.37 Å². The van der Waals surface area contributed by atoms with Gasteiger partial charge in [-0.1, -0.05) is 23.9 Å². The summed E-state index contributed by atoms with van der Waals surface area (Å²) >= 11 is 1.26. The Morgan fingerprint density at radius 1 is 1.14 bits per heavy atom. The van der Waals surface area contributed by atoms with Crippen molar-refractivity contribution in [2.24, 2.45) is 0 Å². The number of benzene rings is 2. The molecule has 146 valence electrons. The van der Waals surface area contributed by atoms with Crippen LogP contribution in [0.1, 0.15) is 25.5 Å². The normalized spacial score (nSPS) is 13.0. The molecule has 3 aromatic rings. The standard InChI is InChI=1S/C20H21FN4O2S/c1-12(14-4-8-16(21)9-5-14)22-19(26)13(2)28-20-23-18(24-25-20)15-6-10-17(27-3)11-7-15/h4-13H,1-3H3,(H,22,26)(H,23,24,25)/t12-,13+/m1/s1. The lowest BCUT2D eigenvalue weighted by molar-refractivity contribution is -0.120. The van der Waals surface area contributed by atoms with Gasteiger partial charge in [0.1, 0.15) is 11.6 Å². The first-order valence-electron chi connectivity index (χ1n) is 8.75. The SMILES string of the molecule is COc1ccc(-c2nc(S[C@@H](C)C(=O)N[C@H](C)c3ccc(F)cc3)n[nH]2)cc1. The highest BCUT2D eigenvalue weighted by Crippen LogP contribution is 2.24. The monoisotopic (exact) mass is 400 g/mol. The first-order valence-corrected chi connectivity index (χ1v) is 9.63. The smallest absolute Gasteiger partial charge is 0.233 e. The van der Waals surface area contributed by atoms with Crippen LogP contribution in [0.3, 0.4) is 0 Å². The van der Waals surface area contributed by atoms with Crippen molar-refractivity contribution in [1.82, 2.24) is 20.5 Å². The molecule has 28 heavy (non-hydrogen) atoms. The Kier molecular flexibility index (Phi) is 6.30. The third-order valence-corrected chi connectivity index (χ3v) is 5.17. The van der Waals surface area contributed by atoms with E-state index in [4.69, 9.17) is 4.74 Å². The van der Waals surface area contributed by atoms with Crippen LogP contribution in [0.15, 0.2) is 53.7 Å². The van der Waals surface area contributed by atoms with Gasteiger partial charge in [-0.2, -0.15) is 0 Å². The molecule has 0 aliphatic carbocycles. The van der Waals surface area contributed by atoms with Gasteiger partial charge < -0.3 is 10.1 Å². The number of nitrogens with zero attached hydrogens (tertiary/aromatic N) is 2. The number of carbonyl (C=O) groups is 1. The van der Waals surface area contributed by atoms with Crippen molar-refractivity contribution in [2.75, 3.05) is 7.11 Å². The number of carbonyl (C=O) groups excluding carboxylic acids is 1. The van der Waals surface area contributed by atoms with Crippen LogP contribution in [-0.4, -0.2) is 33.4 Å². The van der Waals surface area contributed by atoms with E-state index in [1.54, 1.807) is 26.2 Å². The topological polar surface area (TPSA) is 79.9 Å². The van der Waals surface area contributed by atoms with E-state index in [1.165, 1.54) is 23.9 Å². The number of aromatic nitrogens is 3. The van der Waals surface area contributed by atoms with Crippen LogP contribution in [0.4, 0.5) is 4.39 Å². The van der Waals surface area contributed by atoms with E-state index in [9.17, 15) is 9.18 Å². The Morgan fingerprint density at radius 3 is 2.46 bits per heavy atom. The van der Waals surface area contributed by atoms with Gasteiger partial charge in [-0.3, -0.25) is 9.89 Å². The molecule has 0 spiro atoms. The number of thioether (sulfide) groups is 1. The molecule has 2 atom stereocenters. The van der Waals surface area contributed by atoms with Crippen LogP contribution in [0.5, 0.6) is 5.75 Å². The number of rotatable bonds is 7. The molecule has 0 bridgehead atoms. The first-order chi connectivity index (χ1) is 13.5. The van der Waals surface area contributed by atoms with Crippen molar-refractivity contribution in [2.45, 2.75) is 30.3 Å². The zero-order chi connectivity index (χ0) is 20.1. The van der Waals surface area contributed by atoms with Crippen LogP contribution in [0, 0.1) is 5.82 Å². The zero-order valence-corrected chi connectivity index (χ0v) is 16.6. The molecule has 0 aliphatic heterocycles. The Morgan fingerprint density at radius 2 is 1.82 bits per heavy atom. The molecule has 0 fully saturated rings. The molecule has 2 aromatic carbocycles. The highest BCUT2D eigenvalue weighted by Gasteiger charge is 2.19. The maximum Gasteiger partial charge on any atom is 0.233 e. The average molecular weight is 400 g/mol. The van der Waals surface area contributed by atoms with Crippen LogP contribution in [0.2, 0.25) is 0 Å². The Labute approximate surface area is 166 Å². The summed E-state index contributed by atoms with van der Waals surface area (Å²) in [5.74, 6) is 0.942. The fourth-order valence-corrected chi connectivity index (χ4v) is 3.29. The zero-order valence-electron chi connectivity index (χ0n) is 15.8. The van der Waals surface area contributed by atoms with Crippen LogP contribution >= 0.6 is 11.8 Å². The minimum Gasteiger partial charge on any atom is -0.497 e. The number of methoxy groups -OCH3 is 1. The second kappa shape index (κ2) is 8.88. The number of H-pyrrole nitrogens is 1. The predicted octanol–water partition coefficient (Wildman–Crippen LogP) is 3.98. The number of aromatic amines is 1. The summed E-state index contributed by atoms with van der Waals surface area (Å²) in [5.41, 5.74) is 1.72. The Bertz CT molecular complexity index is 928. The van der Waals surface area contributed by atoms with Gasteiger partial charge in [0.05, 0.1) is 18.4 Å². The van der Waals surface area contributed by atoms with E-state index in [0.29, 0.717) is 11.0 Å². The fourth-order valence-electron chi connectivity index (χ4n) is 2.55. The van der Waals surface area contributed by atoms with Gasteiger partial charge in [0.15, 0.2) is 5.82 Å². The molecule has 0 unspecified atom stereocenters. The minimum absolute atomic E-state index is 0.141. The lowest BCUT2D eigenvalue weighted by atomic mass is 10.1. The lowest BCUT2D eigenvalue weighted by Crippen LogP contribution is -2.33. The predicted molar refractivity (Wildman–Crippen MR) is 107 cm³/mol. The molecule has 2 N–H and O–H groups in total. The summed E-state index contributed by atoms with van der Waals surface area (Å²) in [6.07, 6.45) is 0.